The first-order valence-corrected chi connectivity index (χ1v) is 8.81. The Balaban J connectivity index is 1.79. The summed E-state index contributed by atoms with van der Waals surface area (Å²) in [6, 6.07) is 5.99. The molecule has 1 aromatic carbocycles. The van der Waals surface area contributed by atoms with Crippen LogP contribution in [0.3, 0.4) is 0 Å². The van der Waals surface area contributed by atoms with E-state index < -0.39 is 0 Å². The van der Waals surface area contributed by atoms with E-state index in [1.165, 1.54) is 5.56 Å². The Hall–Kier alpha value is -1.75. The van der Waals surface area contributed by atoms with Crippen molar-refractivity contribution in [3.63, 3.8) is 0 Å². The predicted molar refractivity (Wildman–Crippen MR) is 95.4 cm³/mol. The molecule has 0 saturated heterocycles. The van der Waals surface area contributed by atoms with Crippen molar-refractivity contribution in [1.82, 2.24) is 10.2 Å². The number of aryl methyl sites for hydroxylation is 1. The number of benzene rings is 1. The summed E-state index contributed by atoms with van der Waals surface area (Å²) < 4.78 is 5.37. The quantitative estimate of drug-likeness (QED) is 0.841. The second-order valence-electron chi connectivity index (χ2n) is 6.79. The van der Waals surface area contributed by atoms with Crippen molar-refractivity contribution in [2.75, 3.05) is 27.2 Å². The van der Waals surface area contributed by atoms with Gasteiger partial charge in [0.15, 0.2) is 0 Å². The molecular weight excluding hydrogens is 304 g/mol. The average molecular weight is 334 g/mol. The van der Waals surface area contributed by atoms with Crippen molar-refractivity contribution >= 4 is 6.03 Å². The van der Waals surface area contributed by atoms with Gasteiger partial charge < -0.3 is 20.1 Å². The molecule has 24 heavy (non-hydrogen) atoms. The zero-order valence-electron chi connectivity index (χ0n) is 15.0. The van der Waals surface area contributed by atoms with Gasteiger partial charge in [0.25, 0.3) is 0 Å². The zero-order valence-corrected chi connectivity index (χ0v) is 15.0. The lowest BCUT2D eigenvalue weighted by molar-refractivity contribution is 0.0565. The van der Waals surface area contributed by atoms with Crippen LogP contribution in [0.15, 0.2) is 18.2 Å². The van der Waals surface area contributed by atoms with E-state index >= 15 is 0 Å². The standard InChI is InChI=1S/C19H30N2O3/c1-14-8-9-18(24-3)15(12-14)10-11-20-19(23)21(2)13-16-6-4-5-7-17(16)22/h8-9,12,16-17,22H,4-7,10-11,13H2,1-3H3,(H,20,23). The number of ether oxygens (including phenoxy) is 1. The van der Waals surface area contributed by atoms with Gasteiger partial charge in [-0.15, -0.1) is 0 Å². The van der Waals surface area contributed by atoms with E-state index in [1.807, 2.05) is 19.1 Å². The minimum Gasteiger partial charge on any atom is -0.496 e. The largest absolute Gasteiger partial charge is 0.496 e. The average Bonchev–Trinajstić information content (AvgIpc) is 2.57. The number of rotatable bonds is 6. The van der Waals surface area contributed by atoms with Crippen LogP contribution in [0.2, 0.25) is 0 Å². The van der Waals surface area contributed by atoms with E-state index in [2.05, 4.69) is 11.4 Å². The number of aliphatic hydroxyl groups excluding tert-OH is 1. The van der Waals surface area contributed by atoms with Crippen molar-refractivity contribution in [2.45, 2.75) is 45.1 Å². The van der Waals surface area contributed by atoms with Crippen LogP contribution in [0.1, 0.15) is 36.8 Å². The molecule has 0 bridgehead atoms. The van der Waals surface area contributed by atoms with Gasteiger partial charge in [0.2, 0.25) is 0 Å². The maximum atomic E-state index is 12.2. The fourth-order valence-corrected chi connectivity index (χ4v) is 3.38. The molecule has 2 rings (SSSR count). The minimum absolute atomic E-state index is 0.0839. The van der Waals surface area contributed by atoms with E-state index in [0.717, 1.165) is 43.4 Å². The van der Waals surface area contributed by atoms with E-state index in [0.29, 0.717) is 13.1 Å². The number of amides is 2. The van der Waals surface area contributed by atoms with Crippen LogP contribution in [-0.4, -0.2) is 49.4 Å². The molecule has 1 saturated carbocycles. The number of hydrogen-bond acceptors (Lipinski definition) is 3. The van der Waals surface area contributed by atoms with Crippen molar-refractivity contribution in [1.29, 1.82) is 0 Å². The first-order chi connectivity index (χ1) is 11.5. The molecule has 5 nitrogen and oxygen atoms in total. The molecule has 5 heteroatoms. The SMILES string of the molecule is COc1ccc(C)cc1CCNC(=O)N(C)CC1CCCCC1O. The Morgan fingerprint density at radius 3 is 2.83 bits per heavy atom. The minimum atomic E-state index is -0.273. The summed E-state index contributed by atoms with van der Waals surface area (Å²) in [7, 11) is 3.46. The van der Waals surface area contributed by atoms with Crippen molar-refractivity contribution in [3.8, 4) is 5.75 Å². The highest BCUT2D eigenvalue weighted by atomic mass is 16.5. The fraction of sp³-hybridized carbons (Fsp3) is 0.632. The number of carbonyl (C=O) groups is 1. The van der Waals surface area contributed by atoms with Crippen LogP contribution in [0.4, 0.5) is 4.79 Å². The summed E-state index contributed by atoms with van der Waals surface area (Å²) in [6.07, 6.45) is 4.55. The third kappa shape index (κ3) is 5.13. The lowest BCUT2D eigenvalue weighted by atomic mass is 9.86. The molecule has 1 aliphatic carbocycles. The molecule has 1 aromatic rings. The van der Waals surface area contributed by atoms with Crippen LogP contribution in [-0.2, 0) is 6.42 Å². The van der Waals surface area contributed by atoms with Crippen LogP contribution < -0.4 is 10.1 Å². The van der Waals surface area contributed by atoms with Gasteiger partial charge in [-0.2, -0.15) is 0 Å². The molecule has 0 heterocycles. The lowest BCUT2D eigenvalue weighted by Gasteiger charge is -2.31. The van der Waals surface area contributed by atoms with Crippen LogP contribution in [0.5, 0.6) is 5.75 Å². The maximum Gasteiger partial charge on any atom is 0.317 e. The summed E-state index contributed by atoms with van der Waals surface area (Å²) in [5.74, 6) is 1.06. The first kappa shape index (κ1) is 18.6. The number of nitrogens with zero attached hydrogens (tertiary/aromatic N) is 1. The Morgan fingerprint density at radius 2 is 2.12 bits per heavy atom. The van der Waals surface area contributed by atoms with Crippen LogP contribution in [0, 0.1) is 12.8 Å². The smallest absolute Gasteiger partial charge is 0.317 e. The molecule has 0 aliphatic heterocycles. The Kier molecular flexibility index (Phi) is 6.91. The second-order valence-corrected chi connectivity index (χ2v) is 6.79. The monoisotopic (exact) mass is 334 g/mol. The number of methoxy groups -OCH3 is 1. The number of hydrogen-bond donors (Lipinski definition) is 2. The van der Waals surface area contributed by atoms with Gasteiger partial charge in [0.1, 0.15) is 5.75 Å². The van der Waals surface area contributed by atoms with Crippen molar-refractivity contribution < 1.29 is 14.6 Å². The summed E-state index contributed by atoms with van der Waals surface area (Å²) in [4.78, 5) is 13.9. The number of aliphatic hydroxyl groups is 1. The molecular formula is C19H30N2O3. The van der Waals surface area contributed by atoms with Crippen molar-refractivity contribution in [3.05, 3.63) is 29.3 Å². The highest BCUT2D eigenvalue weighted by Gasteiger charge is 2.25. The van der Waals surface area contributed by atoms with E-state index in [9.17, 15) is 9.90 Å². The highest BCUT2D eigenvalue weighted by molar-refractivity contribution is 5.73. The molecule has 2 amide bonds. The summed E-state index contributed by atoms with van der Waals surface area (Å²) in [5.41, 5.74) is 2.28. The molecule has 134 valence electrons. The Labute approximate surface area is 145 Å². The van der Waals surface area contributed by atoms with Gasteiger partial charge in [0, 0.05) is 26.1 Å². The second kappa shape index (κ2) is 8.92. The molecule has 2 unspecified atom stereocenters. The molecule has 2 atom stereocenters. The zero-order chi connectivity index (χ0) is 17.5. The van der Waals surface area contributed by atoms with E-state index in [1.54, 1.807) is 19.1 Å². The Bertz CT molecular complexity index is 547. The summed E-state index contributed by atoms with van der Waals surface area (Å²) >= 11 is 0. The fourth-order valence-electron chi connectivity index (χ4n) is 3.38. The maximum absolute atomic E-state index is 12.2. The molecule has 1 aliphatic rings. The molecule has 0 spiro atoms. The van der Waals surface area contributed by atoms with Gasteiger partial charge >= 0.3 is 6.03 Å². The van der Waals surface area contributed by atoms with Crippen LogP contribution in [0.25, 0.3) is 0 Å². The number of urea groups is 1. The summed E-state index contributed by atoms with van der Waals surface area (Å²) in [5, 5.41) is 13.0. The highest BCUT2D eigenvalue weighted by Crippen LogP contribution is 2.25. The lowest BCUT2D eigenvalue weighted by Crippen LogP contribution is -2.43. The molecule has 0 aromatic heterocycles. The number of carbonyl (C=O) groups excluding carboxylic acids is 1. The van der Waals surface area contributed by atoms with Crippen LogP contribution >= 0.6 is 0 Å². The van der Waals surface area contributed by atoms with Gasteiger partial charge in [-0.3, -0.25) is 0 Å². The number of nitrogens with one attached hydrogen (secondary N) is 1. The topological polar surface area (TPSA) is 61.8 Å². The molecule has 2 N–H and O–H groups in total. The molecule has 1 fully saturated rings. The van der Waals surface area contributed by atoms with Crippen molar-refractivity contribution in [2.24, 2.45) is 5.92 Å². The van der Waals surface area contributed by atoms with Gasteiger partial charge in [-0.05, 0) is 37.8 Å². The summed E-state index contributed by atoms with van der Waals surface area (Å²) in [6.45, 7) is 3.22. The molecule has 0 radical (unpaired) electrons. The predicted octanol–water partition coefficient (Wildman–Crippen LogP) is 2.74. The third-order valence-electron chi connectivity index (χ3n) is 4.83. The first-order valence-electron chi connectivity index (χ1n) is 8.81. The third-order valence-corrected chi connectivity index (χ3v) is 4.83. The Morgan fingerprint density at radius 1 is 1.38 bits per heavy atom. The van der Waals surface area contributed by atoms with Gasteiger partial charge in [-0.25, -0.2) is 4.79 Å². The van der Waals surface area contributed by atoms with E-state index in [-0.39, 0.29) is 18.1 Å². The van der Waals surface area contributed by atoms with Gasteiger partial charge in [0.05, 0.1) is 13.2 Å². The van der Waals surface area contributed by atoms with E-state index in [4.69, 9.17) is 4.74 Å². The van der Waals surface area contributed by atoms with Gasteiger partial charge in [-0.1, -0.05) is 30.5 Å². The normalized spacial score (nSPS) is 20.5.